The molecule has 0 bridgehead atoms. The number of nitrogens with one attached hydrogen (secondary N) is 2. The van der Waals surface area contributed by atoms with Gasteiger partial charge in [-0.05, 0) is 48.5 Å². The molecule has 0 aliphatic rings. The first kappa shape index (κ1) is 21.5. The molecule has 6 heteroatoms. The molecule has 0 fully saturated rings. The Morgan fingerprint density at radius 3 is 2.07 bits per heavy atom. The van der Waals surface area contributed by atoms with E-state index in [-0.39, 0.29) is 11.8 Å². The van der Waals surface area contributed by atoms with Crippen LogP contribution >= 0.6 is 11.8 Å². The van der Waals surface area contributed by atoms with Gasteiger partial charge in [0.15, 0.2) is 0 Å². The van der Waals surface area contributed by atoms with Crippen molar-refractivity contribution in [2.45, 2.75) is 24.0 Å². The fraction of sp³-hybridized carbons (Fsp3) is 0.167. The van der Waals surface area contributed by atoms with E-state index in [0.29, 0.717) is 33.5 Å². The standard InChI is InChI=1S/C24H24N2O3S/c1-16(2)30-22-11-7-5-9-20(22)24(28)26-21-10-6-4-8-19(21)23(27)25-17-12-14-18(29-3)15-13-17/h4-16H,1-3H3,(H,25,27)(H,26,28). The number of hydrogen-bond donors (Lipinski definition) is 2. The molecular weight excluding hydrogens is 396 g/mol. The molecule has 0 spiro atoms. The summed E-state index contributed by atoms with van der Waals surface area (Å²) in [4.78, 5) is 26.7. The maximum atomic E-state index is 13.0. The Morgan fingerprint density at radius 1 is 0.800 bits per heavy atom. The van der Waals surface area contributed by atoms with Gasteiger partial charge in [0, 0.05) is 15.8 Å². The quantitative estimate of drug-likeness (QED) is 0.481. The van der Waals surface area contributed by atoms with Crippen molar-refractivity contribution in [1.29, 1.82) is 0 Å². The van der Waals surface area contributed by atoms with Crippen molar-refractivity contribution < 1.29 is 14.3 Å². The molecule has 0 aliphatic carbocycles. The van der Waals surface area contributed by atoms with Crippen LogP contribution in [0.1, 0.15) is 34.6 Å². The van der Waals surface area contributed by atoms with Crippen LogP contribution in [-0.4, -0.2) is 24.2 Å². The van der Waals surface area contributed by atoms with Crippen molar-refractivity contribution >= 4 is 35.0 Å². The van der Waals surface area contributed by atoms with Crippen molar-refractivity contribution in [2.24, 2.45) is 0 Å². The van der Waals surface area contributed by atoms with E-state index in [0.717, 1.165) is 4.90 Å². The second-order valence-electron chi connectivity index (χ2n) is 6.85. The van der Waals surface area contributed by atoms with Gasteiger partial charge < -0.3 is 15.4 Å². The molecule has 0 unspecified atom stereocenters. The van der Waals surface area contributed by atoms with Gasteiger partial charge in [-0.15, -0.1) is 11.8 Å². The van der Waals surface area contributed by atoms with E-state index >= 15 is 0 Å². The summed E-state index contributed by atoms with van der Waals surface area (Å²) < 4.78 is 5.14. The number of carbonyl (C=O) groups is 2. The Morgan fingerprint density at radius 2 is 1.40 bits per heavy atom. The summed E-state index contributed by atoms with van der Waals surface area (Å²) in [5.41, 5.74) is 2.07. The molecular formula is C24H24N2O3S. The Bertz CT molecular complexity index is 1030. The third-order valence-electron chi connectivity index (χ3n) is 4.26. The van der Waals surface area contributed by atoms with Gasteiger partial charge in [-0.3, -0.25) is 9.59 Å². The number of methoxy groups -OCH3 is 1. The molecule has 3 aromatic rings. The topological polar surface area (TPSA) is 67.4 Å². The molecule has 3 aromatic carbocycles. The molecule has 0 aromatic heterocycles. The zero-order valence-electron chi connectivity index (χ0n) is 17.1. The van der Waals surface area contributed by atoms with Crippen LogP contribution in [0.3, 0.4) is 0 Å². The normalized spacial score (nSPS) is 10.5. The first-order chi connectivity index (χ1) is 14.5. The number of benzene rings is 3. The Balaban J connectivity index is 1.80. The van der Waals surface area contributed by atoms with Gasteiger partial charge in [0.05, 0.1) is 23.9 Å². The van der Waals surface area contributed by atoms with E-state index in [9.17, 15) is 9.59 Å². The number of ether oxygens (including phenoxy) is 1. The second-order valence-corrected chi connectivity index (χ2v) is 8.46. The third kappa shape index (κ3) is 5.42. The zero-order valence-corrected chi connectivity index (χ0v) is 18.0. The maximum absolute atomic E-state index is 13.0. The fourth-order valence-corrected chi connectivity index (χ4v) is 3.82. The minimum atomic E-state index is -0.305. The lowest BCUT2D eigenvalue weighted by molar-refractivity contribution is 0.102. The molecule has 0 heterocycles. The van der Waals surface area contributed by atoms with Crippen molar-refractivity contribution in [3.8, 4) is 5.75 Å². The van der Waals surface area contributed by atoms with E-state index in [4.69, 9.17) is 4.74 Å². The Kier molecular flexibility index (Phi) is 7.14. The first-order valence-corrected chi connectivity index (χ1v) is 10.5. The van der Waals surface area contributed by atoms with Crippen LogP contribution in [0.15, 0.2) is 77.7 Å². The van der Waals surface area contributed by atoms with Crippen molar-refractivity contribution in [3.63, 3.8) is 0 Å². The van der Waals surface area contributed by atoms with E-state index in [1.54, 1.807) is 73.5 Å². The predicted molar refractivity (Wildman–Crippen MR) is 123 cm³/mol. The zero-order chi connectivity index (χ0) is 21.5. The maximum Gasteiger partial charge on any atom is 0.257 e. The number of rotatable bonds is 7. The van der Waals surface area contributed by atoms with E-state index in [1.807, 2.05) is 18.2 Å². The lowest BCUT2D eigenvalue weighted by Crippen LogP contribution is -2.18. The van der Waals surface area contributed by atoms with Crippen LogP contribution in [0.5, 0.6) is 5.75 Å². The third-order valence-corrected chi connectivity index (χ3v) is 5.34. The van der Waals surface area contributed by atoms with Gasteiger partial charge in [-0.1, -0.05) is 38.1 Å². The molecule has 154 valence electrons. The minimum absolute atomic E-state index is 0.247. The van der Waals surface area contributed by atoms with Crippen molar-refractivity contribution in [2.75, 3.05) is 17.7 Å². The highest BCUT2D eigenvalue weighted by molar-refractivity contribution is 8.00. The fourth-order valence-electron chi connectivity index (χ4n) is 2.86. The predicted octanol–water partition coefficient (Wildman–Crippen LogP) is 5.70. The summed E-state index contributed by atoms with van der Waals surface area (Å²) in [6, 6.07) is 21.5. The van der Waals surface area contributed by atoms with Crippen molar-refractivity contribution in [3.05, 3.63) is 83.9 Å². The number of para-hydroxylation sites is 1. The molecule has 2 N–H and O–H groups in total. The average Bonchev–Trinajstić information content (AvgIpc) is 2.74. The molecule has 2 amide bonds. The van der Waals surface area contributed by atoms with Crippen molar-refractivity contribution in [1.82, 2.24) is 0 Å². The van der Waals surface area contributed by atoms with Crippen LogP contribution in [0, 0.1) is 0 Å². The summed E-state index contributed by atoms with van der Waals surface area (Å²) >= 11 is 1.63. The molecule has 5 nitrogen and oxygen atoms in total. The van der Waals surface area contributed by atoms with E-state index in [1.165, 1.54) is 0 Å². The number of thioether (sulfide) groups is 1. The number of hydrogen-bond acceptors (Lipinski definition) is 4. The summed E-state index contributed by atoms with van der Waals surface area (Å²) in [5.74, 6) is 0.156. The summed E-state index contributed by atoms with van der Waals surface area (Å²) in [6.45, 7) is 4.16. The second kappa shape index (κ2) is 9.98. The highest BCUT2D eigenvalue weighted by Gasteiger charge is 2.17. The summed E-state index contributed by atoms with van der Waals surface area (Å²) in [7, 11) is 1.59. The van der Waals surface area contributed by atoms with Gasteiger partial charge in [0.1, 0.15) is 5.75 Å². The number of anilines is 2. The van der Waals surface area contributed by atoms with Gasteiger partial charge in [0.2, 0.25) is 0 Å². The number of carbonyl (C=O) groups excluding carboxylic acids is 2. The van der Waals surface area contributed by atoms with Crippen LogP contribution < -0.4 is 15.4 Å². The highest BCUT2D eigenvalue weighted by Crippen LogP contribution is 2.28. The Hall–Kier alpha value is -3.25. The summed E-state index contributed by atoms with van der Waals surface area (Å²) in [5, 5.41) is 6.09. The van der Waals surface area contributed by atoms with Gasteiger partial charge in [0.25, 0.3) is 11.8 Å². The number of amides is 2. The lowest BCUT2D eigenvalue weighted by atomic mass is 10.1. The molecule has 0 aliphatic heterocycles. The Labute approximate surface area is 180 Å². The monoisotopic (exact) mass is 420 g/mol. The summed E-state index contributed by atoms with van der Waals surface area (Å²) in [6.07, 6.45) is 0. The SMILES string of the molecule is COc1ccc(NC(=O)c2ccccc2NC(=O)c2ccccc2SC(C)C)cc1. The molecule has 0 atom stereocenters. The van der Waals surface area contributed by atoms with Gasteiger partial charge in [-0.25, -0.2) is 0 Å². The average molecular weight is 421 g/mol. The van der Waals surface area contributed by atoms with Gasteiger partial charge in [-0.2, -0.15) is 0 Å². The largest absolute Gasteiger partial charge is 0.497 e. The smallest absolute Gasteiger partial charge is 0.257 e. The molecule has 3 rings (SSSR count). The highest BCUT2D eigenvalue weighted by atomic mass is 32.2. The molecule has 0 saturated carbocycles. The lowest BCUT2D eigenvalue weighted by Gasteiger charge is -2.14. The van der Waals surface area contributed by atoms with E-state index < -0.39 is 0 Å². The molecule has 0 radical (unpaired) electrons. The van der Waals surface area contributed by atoms with Crippen LogP contribution in [0.4, 0.5) is 11.4 Å². The first-order valence-electron chi connectivity index (χ1n) is 9.59. The van der Waals surface area contributed by atoms with E-state index in [2.05, 4.69) is 24.5 Å². The van der Waals surface area contributed by atoms with Crippen LogP contribution in [-0.2, 0) is 0 Å². The van der Waals surface area contributed by atoms with Gasteiger partial charge >= 0.3 is 0 Å². The van der Waals surface area contributed by atoms with Crippen LogP contribution in [0.25, 0.3) is 0 Å². The molecule has 30 heavy (non-hydrogen) atoms. The van der Waals surface area contributed by atoms with Crippen LogP contribution in [0.2, 0.25) is 0 Å². The molecule has 0 saturated heterocycles. The minimum Gasteiger partial charge on any atom is -0.497 e.